The zero-order valence-corrected chi connectivity index (χ0v) is 19.0. The standard InChI is InChI=1S/C22H25N6O3P/c1-30-32(29,31-2)15-24-21(22-25-26-27-28(22)11-5-10-23)13-16-8-9-20-18(12-16)14-17-6-3-4-7-19(17)20/h3-4,6-9,12,21,24H,5,11,13-15H2,1-2H3. The van der Waals surface area contributed by atoms with E-state index in [1.54, 1.807) is 4.68 Å². The van der Waals surface area contributed by atoms with Crippen molar-refractivity contribution < 1.29 is 13.6 Å². The van der Waals surface area contributed by atoms with Crippen molar-refractivity contribution in [2.45, 2.75) is 31.8 Å². The first-order valence-electron chi connectivity index (χ1n) is 10.3. The van der Waals surface area contributed by atoms with E-state index in [4.69, 9.17) is 14.3 Å². The third kappa shape index (κ3) is 4.64. The Morgan fingerprint density at radius 1 is 1.19 bits per heavy atom. The second-order valence-electron chi connectivity index (χ2n) is 7.59. The van der Waals surface area contributed by atoms with E-state index in [1.807, 2.05) is 0 Å². The Labute approximate surface area is 186 Å². The number of nitrogens with one attached hydrogen (secondary N) is 1. The zero-order chi connectivity index (χ0) is 22.6. The smallest absolute Gasteiger partial charge is 0.311 e. The summed E-state index contributed by atoms with van der Waals surface area (Å²) in [5.41, 5.74) is 6.26. The van der Waals surface area contributed by atoms with Gasteiger partial charge in [-0.2, -0.15) is 5.26 Å². The predicted molar refractivity (Wildman–Crippen MR) is 119 cm³/mol. The summed E-state index contributed by atoms with van der Waals surface area (Å²) in [6, 6.07) is 16.7. The molecule has 0 saturated heterocycles. The fourth-order valence-corrected chi connectivity index (χ4v) is 4.87. The fourth-order valence-electron chi connectivity index (χ4n) is 4.02. The molecule has 1 unspecified atom stereocenters. The molecule has 2 aromatic carbocycles. The molecular weight excluding hydrogens is 427 g/mol. The van der Waals surface area contributed by atoms with Gasteiger partial charge in [0.1, 0.15) is 0 Å². The molecule has 0 bridgehead atoms. The number of nitriles is 1. The lowest BCUT2D eigenvalue weighted by Gasteiger charge is -2.21. The van der Waals surface area contributed by atoms with Crippen molar-refractivity contribution in [3.8, 4) is 17.2 Å². The highest BCUT2D eigenvalue weighted by Gasteiger charge is 2.27. The van der Waals surface area contributed by atoms with E-state index < -0.39 is 7.60 Å². The first-order chi connectivity index (χ1) is 15.6. The maximum Gasteiger partial charge on any atom is 0.343 e. The molecule has 1 heterocycles. The highest BCUT2D eigenvalue weighted by atomic mass is 31.2. The van der Waals surface area contributed by atoms with Gasteiger partial charge in [-0.15, -0.1) is 5.10 Å². The second-order valence-corrected chi connectivity index (χ2v) is 9.86. The molecule has 0 amide bonds. The molecule has 1 atom stereocenters. The molecule has 1 aliphatic carbocycles. The molecule has 0 radical (unpaired) electrons. The Morgan fingerprint density at radius 3 is 2.75 bits per heavy atom. The van der Waals surface area contributed by atoms with Crippen LogP contribution in [0.15, 0.2) is 42.5 Å². The van der Waals surface area contributed by atoms with Crippen LogP contribution in [0, 0.1) is 11.3 Å². The maximum atomic E-state index is 12.6. The van der Waals surface area contributed by atoms with Gasteiger partial charge in [0.15, 0.2) is 5.82 Å². The molecule has 0 fully saturated rings. The van der Waals surface area contributed by atoms with Crippen molar-refractivity contribution in [1.29, 1.82) is 5.26 Å². The molecule has 1 aromatic heterocycles. The Morgan fingerprint density at radius 2 is 1.97 bits per heavy atom. The molecule has 166 valence electrons. The molecule has 1 N–H and O–H groups in total. The number of hydrogen-bond donors (Lipinski definition) is 1. The number of fused-ring (bicyclic) bond motifs is 3. The number of rotatable bonds is 10. The van der Waals surface area contributed by atoms with Crippen LogP contribution in [0.2, 0.25) is 0 Å². The molecule has 4 rings (SSSR count). The van der Waals surface area contributed by atoms with Crippen LogP contribution in [0.5, 0.6) is 0 Å². The molecule has 3 aromatic rings. The Bertz CT molecular complexity index is 1180. The van der Waals surface area contributed by atoms with Gasteiger partial charge >= 0.3 is 7.60 Å². The second kappa shape index (κ2) is 9.72. The highest BCUT2D eigenvalue weighted by molar-refractivity contribution is 7.53. The van der Waals surface area contributed by atoms with Gasteiger partial charge < -0.3 is 9.05 Å². The number of aromatic nitrogens is 4. The quantitative estimate of drug-likeness (QED) is 0.364. The summed E-state index contributed by atoms with van der Waals surface area (Å²) >= 11 is 0. The van der Waals surface area contributed by atoms with E-state index >= 15 is 0 Å². The predicted octanol–water partition coefficient (Wildman–Crippen LogP) is 3.47. The summed E-state index contributed by atoms with van der Waals surface area (Å²) in [5, 5.41) is 24.2. The van der Waals surface area contributed by atoms with Crippen molar-refractivity contribution in [3.63, 3.8) is 0 Å². The molecule has 0 aliphatic heterocycles. The monoisotopic (exact) mass is 452 g/mol. The largest absolute Gasteiger partial charge is 0.343 e. The minimum absolute atomic E-state index is 0.00611. The molecular formula is C22H25N6O3P. The van der Waals surface area contributed by atoms with Gasteiger partial charge in [-0.1, -0.05) is 42.5 Å². The first-order valence-corrected chi connectivity index (χ1v) is 12.1. The summed E-state index contributed by atoms with van der Waals surface area (Å²) in [7, 11) is -0.557. The van der Waals surface area contributed by atoms with Gasteiger partial charge in [0.2, 0.25) is 0 Å². The van der Waals surface area contributed by atoms with Crippen molar-refractivity contribution in [2.24, 2.45) is 0 Å². The fraction of sp³-hybridized carbons (Fsp3) is 0.364. The molecule has 0 spiro atoms. The zero-order valence-electron chi connectivity index (χ0n) is 18.1. The topological polar surface area (TPSA) is 115 Å². The van der Waals surface area contributed by atoms with E-state index in [9.17, 15) is 4.57 Å². The lowest BCUT2D eigenvalue weighted by atomic mass is 9.99. The van der Waals surface area contributed by atoms with Crippen molar-refractivity contribution >= 4 is 7.60 Å². The average molecular weight is 452 g/mol. The molecule has 32 heavy (non-hydrogen) atoms. The normalized spacial score (nSPS) is 13.4. The van der Waals surface area contributed by atoms with Gasteiger partial charge in [-0.05, 0) is 51.1 Å². The van der Waals surface area contributed by atoms with Crippen LogP contribution in [0.25, 0.3) is 11.1 Å². The van der Waals surface area contributed by atoms with Gasteiger partial charge in [0, 0.05) is 14.2 Å². The van der Waals surface area contributed by atoms with Crippen LogP contribution in [0.4, 0.5) is 0 Å². The van der Waals surface area contributed by atoms with Crippen LogP contribution in [-0.4, -0.2) is 40.7 Å². The Hall–Kier alpha value is -2.89. The number of benzene rings is 2. The third-order valence-corrected chi connectivity index (χ3v) is 7.37. The van der Waals surface area contributed by atoms with Crippen LogP contribution in [0.1, 0.15) is 35.0 Å². The summed E-state index contributed by atoms with van der Waals surface area (Å²) in [6.45, 7) is 0.378. The Balaban J connectivity index is 1.60. The molecule has 0 saturated carbocycles. The number of aryl methyl sites for hydroxylation is 1. The lowest BCUT2D eigenvalue weighted by Crippen LogP contribution is -2.28. The van der Waals surface area contributed by atoms with E-state index in [0.717, 1.165) is 12.0 Å². The third-order valence-electron chi connectivity index (χ3n) is 5.69. The maximum absolute atomic E-state index is 12.6. The SMILES string of the molecule is COP(=O)(CNC(Cc1ccc2c(c1)Cc1ccccc1-2)c1nnnn1CCC#N)OC. The van der Waals surface area contributed by atoms with E-state index in [2.05, 4.69) is 69.4 Å². The first kappa shape index (κ1) is 22.3. The highest BCUT2D eigenvalue weighted by Crippen LogP contribution is 2.45. The van der Waals surface area contributed by atoms with Crippen molar-refractivity contribution in [3.05, 3.63) is 65.0 Å². The summed E-state index contributed by atoms with van der Waals surface area (Å²) in [5.74, 6) is 0.572. The summed E-state index contributed by atoms with van der Waals surface area (Å²) in [4.78, 5) is 0. The average Bonchev–Trinajstić information content (AvgIpc) is 3.44. The molecule has 10 heteroatoms. The van der Waals surface area contributed by atoms with Crippen LogP contribution >= 0.6 is 7.60 Å². The number of nitrogens with zero attached hydrogens (tertiary/aromatic N) is 5. The summed E-state index contributed by atoms with van der Waals surface area (Å²) < 4.78 is 24.3. The van der Waals surface area contributed by atoms with Crippen LogP contribution < -0.4 is 5.32 Å². The van der Waals surface area contributed by atoms with Crippen LogP contribution in [-0.2, 0) is 33.0 Å². The van der Waals surface area contributed by atoms with E-state index in [0.29, 0.717) is 18.8 Å². The van der Waals surface area contributed by atoms with Gasteiger partial charge in [-0.25, -0.2) is 4.68 Å². The van der Waals surface area contributed by atoms with Crippen molar-refractivity contribution in [1.82, 2.24) is 25.5 Å². The van der Waals surface area contributed by atoms with Crippen molar-refractivity contribution in [2.75, 3.05) is 20.5 Å². The molecule has 1 aliphatic rings. The van der Waals surface area contributed by atoms with Crippen LogP contribution in [0.3, 0.4) is 0 Å². The number of hydrogen-bond acceptors (Lipinski definition) is 8. The Kier molecular flexibility index (Phi) is 6.77. The van der Waals surface area contributed by atoms with E-state index in [-0.39, 0.29) is 18.7 Å². The lowest BCUT2D eigenvalue weighted by molar-refractivity contribution is 0.270. The van der Waals surface area contributed by atoms with Gasteiger partial charge in [-0.3, -0.25) is 9.88 Å². The van der Waals surface area contributed by atoms with E-state index in [1.165, 1.54) is 36.5 Å². The molecule has 9 nitrogen and oxygen atoms in total. The summed E-state index contributed by atoms with van der Waals surface area (Å²) in [6.07, 6.45) is 1.77. The van der Waals surface area contributed by atoms with Gasteiger partial charge in [0.05, 0.1) is 31.4 Å². The van der Waals surface area contributed by atoms with Gasteiger partial charge in [0.25, 0.3) is 0 Å². The minimum Gasteiger partial charge on any atom is -0.311 e. The number of tetrazole rings is 1. The minimum atomic E-state index is -3.27.